The van der Waals surface area contributed by atoms with E-state index >= 15 is 0 Å². The highest BCUT2D eigenvalue weighted by Gasteiger charge is 2.12. The van der Waals surface area contributed by atoms with E-state index in [9.17, 15) is 4.79 Å². The molecule has 26 heavy (non-hydrogen) atoms. The molecule has 134 valence electrons. The Kier molecular flexibility index (Phi) is 5.22. The Morgan fingerprint density at radius 1 is 1.04 bits per heavy atom. The number of carbonyl (C=O) groups is 1. The lowest BCUT2D eigenvalue weighted by atomic mass is 10.1. The largest absolute Gasteiger partial charge is 0.497 e. The summed E-state index contributed by atoms with van der Waals surface area (Å²) in [7, 11) is 3.18. The summed E-state index contributed by atoms with van der Waals surface area (Å²) >= 11 is 0. The summed E-state index contributed by atoms with van der Waals surface area (Å²) < 4.78 is 21.6. The van der Waals surface area contributed by atoms with Crippen LogP contribution in [-0.2, 0) is 6.61 Å². The van der Waals surface area contributed by atoms with Crippen molar-refractivity contribution in [3.8, 4) is 28.7 Å². The number of methoxy groups -OCH3 is 2. The minimum atomic E-state index is -0.0817. The van der Waals surface area contributed by atoms with Crippen LogP contribution in [0.3, 0.4) is 0 Å². The second kappa shape index (κ2) is 7.74. The van der Waals surface area contributed by atoms with Gasteiger partial charge in [-0.1, -0.05) is 0 Å². The van der Waals surface area contributed by atoms with Gasteiger partial charge in [0, 0.05) is 11.6 Å². The Labute approximate surface area is 151 Å². The molecule has 2 aromatic carbocycles. The van der Waals surface area contributed by atoms with Crippen molar-refractivity contribution in [2.24, 2.45) is 0 Å². The molecule has 6 heteroatoms. The van der Waals surface area contributed by atoms with Crippen LogP contribution in [0.2, 0.25) is 0 Å². The Morgan fingerprint density at radius 2 is 1.73 bits per heavy atom. The zero-order valence-electron chi connectivity index (χ0n) is 14.8. The van der Waals surface area contributed by atoms with Gasteiger partial charge in [0.25, 0.3) is 0 Å². The number of aromatic nitrogens is 1. The molecule has 0 saturated heterocycles. The fraction of sp³-hybridized carbons (Fsp3) is 0.200. The predicted molar refractivity (Wildman–Crippen MR) is 95.8 cm³/mol. The highest BCUT2D eigenvalue weighted by molar-refractivity contribution is 5.97. The standard InChI is InChI=1S/C20H19NO5/c1-13(22)18-9-8-17(24-3)10-19(18)25-11-15-12-26-20(21-15)14-4-6-16(23-2)7-5-14/h4-10,12H,11H2,1-3H3. The maximum absolute atomic E-state index is 11.8. The maximum atomic E-state index is 11.8. The SMILES string of the molecule is COc1ccc(-c2nc(COc3cc(OC)ccc3C(C)=O)co2)cc1. The van der Waals surface area contributed by atoms with Crippen LogP contribution >= 0.6 is 0 Å². The maximum Gasteiger partial charge on any atom is 0.226 e. The number of Topliss-reactive ketones (excluding diaryl/α,β-unsaturated/α-hetero) is 1. The lowest BCUT2D eigenvalue weighted by Crippen LogP contribution is -2.02. The van der Waals surface area contributed by atoms with Gasteiger partial charge in [0.1, 0.15) is 35.8 Å². The number of carbonyl (C=O) groups excluding carboxylic acids is 1. The molecule has 6 nitrogen and oxygen atoms in total. The molecule has 0 amide bonds. The first-order valence-electron chi connectivity index (χ1n) is 8.01. The zero-order valence-corrected chi connectivity index (χ0v) is 14.8. The Balaban J connectivity index is 1.74. The molecule has 0 unspecified atom stereocenters. The Morgan fingerprint density at radius 3 is 2.38 bits per heavy atom. The van der Waals surface area contributed by atoms with E-state index in [0.29, 0.717) is 28.6 Å². The number of benzene rings is 2. The van der Waals surface area contributed by atoms with Crippen molar-refractivity contribution in [3.05, 3.63) is 60.0 Å². The van der Waals surface area contributed by atoms with E-state index in [0.717, 1.165) is 11.3 Å². The van der Waals surface area contributed by atoms with Crippen LogP contribution < -0.4 is 14.2 Å². The van der Waals surface area contributed by atoms with Crippen LogP contribution in [-0.4, -0.2) is 25.0 Å². The fourth-order valence-corrected chi connectivity index (χ4v) is 2.43. The van der Waals surface area contributed by atoms with E-state index in [4.69, 9.17) is 18.6 Å². The second-order valence-corrected chi connectivity index (χ2v) is 5.58. The van der Waals surface area contributed by atoms with Gasteiger partial charge in [-0.25, -0.2) is 4.98 Å². The van der Waals surface area contributed by atoms with Gasteiger partial charge in [0.2, 0.25) is 5.89 Å². The molecule has 0 N–H and O–H groups in total. The van der Waals surface area contributed by atoms with Crippen molar-refractivity contribution in [1.82, 2.24) is 4.98 Å². The van der Waals surface area contributed by atoms with E-state index in [2.05, 4.69) is 4.98 Å². The Hall–Kier alpha value is -3.28. The summed E-state index contributed by atoms with van der Waals surface area (Å²) in [5.41, 5.74) is 1.95. The van der Waals surface area contributed by atoms with Crippen LogP contribution in [0.4, 0.5) is 0 Å². The number of nitrogens with zero attached hydrogens (tertiary/aromatic N) is 1. The third-order valence-electron chi connectivity index (χ3n) is 3.83. The minimum Gasteiger partial charge on any atom is -0.497 e. The van der Waals surface area contributed by atoms with Crippen molar-refractivity contribution >= 4 is 5.78 Å². The number of hydrogen-bond acceptors (Lipinski definition) is 6. The molecule has 1 heterocycles. The molecular weight excluding hydrogens is 334 g/mol. The van der Waals surface area contributed by atoms with Gasteiger partial charge in [-0.3, -0.25) is 4.79 Å². The van der Waals surface area contributed by atoms with Crippen LogP contribution in [0, 0.1) is 0 Å². The number of hydrogen-bond donors (Lipinski definition) is 0. The molecule has 3 aromatic rings. The molecule has 0 bridgehead atoms. The van der Waals surface area contributed by atoms with Gasteiger partial charge >= 0.3 is 0 Å². The van der Waals surface area contributed by atoms with Gasteiger partial charge in [-0.15, -0.1) is 0 Å². The summed E-state index contributed by atoms with van der Waals surface area (Å²) in [6.45, 7) is 1.67. The zero-order chi connectivity index (χ0) is 18.5. The molecule has 0 aliphatic heterocycles. The molecule has 0 spiro atoms. The molecule has 0 atom stereocenters. The van der Waals surface area contributed by atoms with Crippen molar-refractivity contribution in [2.45, 2.75) is 13.5 Å². The first kappa shape index (κ1) is 17.5. The van der Waals surface area contributed by atoms with Gasteiger partial charge in [0.15, 0.2) is 5.78 Å². The quantitative estimate of drug-likeness (QED) is 0.595. The normalized spacial score (nSPS) is 10.4. The molecule has 0 radical (unpaired) electrons. The summed E-state index contributed by atoms with van der Waals surface area (Å²) in [5.74, 6) is 2.24. The molecule has 1 aromatic heterocycles. The third-order valence-corrected chi connectivity index (χ3v) is 3.83. The number of oxazole rings is 1. The van der Waals surface area contributed by atoms with E-state index in [1.54, 1.807) is 32.4 Å². The van der Waals surface area contributed by atoms with Crippen LogP contribution in [0.25, 0.3) is 11.5 Å². The molecule has 0 saturated carbocycles. The van der Waals surface area contributed by atoms with E-state index < -0.39 is 0 Å². The van der Waals surface area contributed by atoms with Gasteiger partial charge in [-0.05, 0) is 43.3 Å². The monoisotopic (exact) mass is 353 g/mol. The van der Waals surface area contributed by atoms with Crippen LogP contribution in [0.1, 0.15) is 23.0 Å². The fourth-order valence-electron chi connectivity index (χ4n) is 2.43. The Bertz CT molecular complexity index is 899. The average Bonchev–Trinajstić information content (AvgIpc) is 3.15. The van der Waals surface area contributed by atoms with Crippen molar-refractivity contribution in [2.75, 3.05) is 14.2 Å². The molecule has 0 aliphatic carbocycles. The summed E-state index contributed by atoms with van der Waals surface area (Å²) in [5, 5.41) is 0. The van der Waals surface area contributed by atoms with Crippen molar-refractivity contribution < 1.29 is 23.4 Å². The van der Waals surface area contributed by atoms with E-state index in [1.165, 1.54) is 13.2 Å². The summed E-state index contributed by atoms with van der Waals surface area (Å²) in [6, 6.07) is 12.5. The first-order chi connectivity index (χ1) is 12.6. The highest BCUT2D eigenvalue weighted by atomic mass is 16.5. The smallest absolute Gasteiger partial charge is 0.226 e. The van der Waals surface area contributed by atoms with Gasteiger partial charge in [0.05, 0.1) is 19.8 Å². The summed E-state index contributed by atoms with van der Waals surface area (Å²) in [4.78, 5) is 16.2. The van der Waals surface area contributed by atoms with E-state index in [-0.39, 0.29) is 12.4 Å². The van der Waals surface area contributed by atoms with Crippen LogP contribution in [0.15, 0.2) is 53.1 Å². The van der Waals surface area contributed by atoms with Gasteiger partial charge in [-0.2, -0.15) is 0 Å². The first-order valence-corrected chi connectivity index (χ1v) is 8.01. The lowest BCUT2D eigenvalue weighted by Gasteiger charge is -2.10. The number of rotatable bonds is 7. The third kappa shape index (κ3) is 3.85. The molecule has 0 fully saturated rings. The summed E-state index contributed by atoms with van der Waals surface area (Å²) in [6.07, 6.45) is 1.53. The van der Waals surface area contributed by atoms with E-state index in [1.807, 2.05) is 24.3 Å². The van der Waals surface area contributed by atoms with Crippen molar-refractivity contribution in [3.63, 3.8) is 0 Å². The molecule has 3 rings (SSSR count). The lowest BCUT2D eigenvalue weighted by molar-refractivity contribution is 0.101. The molecule has 0 aliphatic rings. The van der Waals surface area contributed by atoms with Gasteiger partial charge < -0.3 is 18.6 Å². The second-order valence-electron chi connectivity index (χ2n) is 5.58. The predicted octanol–water partition coefficient (Wildman–Crippen LogP) is 4.14. The number of ether oxygens (including phenoxy) is 3. The molecular formula is C20H19NO5. The van der Waals surface area contributed by atoms with Crippen molar-refractivity contribution in [1.29, 1.82) is 0 Å². The number of ketones is 1. The highest BCUT2D eigenvalue weighted by Crippen LogP contribution is 2.27. The van der Waals surface area contributed by atoms with Crippen LogP contribution in [0.5, 0.6) is 17.2 Å². The minimum absolute atomic E-state index is 0.0817. The topological polar surface area (TPSA) is 70.8 Å². The average molecular weight is 353 g/mol.